The van der Waals surface area contributed by atoms with Crippen molar-refractivity contribution in [2.75, 3.05) is 14.2 Å². The van der Waals surface area contributed by atoms with E-state index in [-0.39, 0.29) is 47.4 Å². The van der Waals surface area contributed by atoms with Gasteiger partial charge >= 0.3 is 36.8 Å². The van der Waals surface area contributed by atoms with E-state index < -0.39 is 30.1 Å². The molecule has 0 aliphatic carbocycles. The number of methoxy groups -OCH3 is 2. The molecule has 3 unspecified atom stereocenters. The van der Waals surface area contributed by atoms with Crippen LogP contribution < -0.4 is 35.2 Å². The van der Waals surface area contributed by atoms with E-state index >= 15 is 0 Å². The molecule has 0 saturated heterocycles. The monoisotopic (exact) mass is 481 g/mol. The van der Waals surface area contributed by atoms with Crippen molar-refractivity contribution in [3.05, 3.63) is 0 Å². The summed E-state index contributed by atoms with van der Waals surface area (Å²) in [6, 6.07) is -1.84. The molecule has 6 N–H and O–H groups in total. The molecule has 15 heteroatoms. The Kier molecular flexibility index (Phi) is 36.6. The summed E-state index contributed by atoms with van der Waals surface area (Å²) in [5.74, 6) is -2.40. The van der Waals surface area contributed by atoms with Gasteiger partial charge in [0.05, 0.1) is 14.2 Å². The minimum Gasteiger partial charge on any atom is -0.870 e. The fraction of sp³-hybridized carbons (Fsp3) is 0.647. The molecule has 3 atom stereocenters. The van der Waals surface area contributed by atoms with Gasteiger partial charge in [-0.05, 0) is 32.4 Å². The maximum atomic E-state index is 10.6. The number of nitrogens with two attached hydrogens (primary N) is 1. The summed E-state index contributed by atoms with van der Waals surface area (Å²) >= 11 is 4.64. The number of carboxylic acids is 1. The summed E-state index contributed by atoms with van der Waals surface area (Å²) in [6.45, 7) is 8.46. The first-order chi connectivity index (χ1) is 13.5. The van der Waals surface area contributed by atoms with Crippen LogP contribution in [0.15, 0.2) is 0 Å². The zero-order valence-electron chi connectivity index (χ0n) is 19.8. The number of rotatable bonds is 5. The third kappa shape index (κ3) is 42.0. The number of esters is 2. The van der Waals surface area contributed by atoms with Gasteiger partial charge in [0.15, 0.2) is 0 Å². The van der Waals surface area contributed by atoms with Crippen LogP contribution in [0.25, 0.3) is 0 Å². The molecule has 0 heterocycles. The molecular formula is C17H33ClLiN3O10. The van der Waals surface area contributed by atoms with Gasteiger partial charge in [-0.2, -0.15) is 0 Å². The van der Waals surface area contributed by atoms with E-state index in [1.165, 1.54) is 41.9 Å². The number of hydrogen-bond acceptors (Lipinski definition) is 10. The molecule has 0 radical (unpaired) electrons. The van der Waals surface area contributed by atoms with Crippen molar-refractivity contribution in [2.24, 2.45) is 5.73 Å². The fourth-order valence-corrected chi connectivity index (χ4v) is 1.09. The zero-order chi connectivity index (χ0) is 25.0. The van der Waals surface area contributed by atoms with Crippen molar-refractivity contribution < 1.29 is 67.7 Å². The Morgan fingerprint density at radius 3 is 1.22 bits per heavy atom. The first kappa shape index (κ1) is 43.7. The molecule has 0 fully saturated rings. The second kappa shape index (κ2) is 26.9. The van der Waals surface area contributed by atoms with Crippen LogP contribution in [0.4, 0.5) is 0 Å². The van der Waals surface area contributed by atoms with Crippen LogP contribution in [0.1, 0.15) is 41.5 Å². The second-order valence-electron chi connectivity index (χ2n) is 5.49. The average Bonchev–Trinajstić information content (AvgIpc) is 2.59. The van der Waals surface area contributed by atoms with Gasteiger partial charge in [0.2, 0.25) is 17.1 Å². The van der Waals surface area contributed by atoms with Crippen LogP contribution in [0, 0.1) is 0 Å². The van der Waals surface area contributed by atoms with Gasteiger partial charge in [0.1, 0.15) is 18.1 Å². The van der Waals surface area contributed by atoms with Crippen LogP contribution in [0.3, 0.4) is 0 Å². The Bertz CT molecular complexity index is 573. The fourth-order valence-electron chi connectivity index (χ4n) is 1.09. The molecule has 0 aliphatic rings. The molecule has 184 valence electrons. The minimum absolute atomic E-state index is 0. The molecule has 0 aromatic rings. The number of halogens is 1. The first-order valence-electron chi connectivity index (χ1n) is 8.37. The molecule has 0 rings (SSSR count). The van der Waals surface area contributed by atoms with Crippen molar-refractivity contribution in [2.45, 2.75) is 59.7 Å². The number of nitrogens with one attached hydrogen (secondary N) is 2. The summed E-state index contributed by atoms with van der Waals surface area (Å²) in [5.41, 5.74) is 5.07. The Balaban J connectivity index is -0.0000000718. The van der Waals surface area contributed by atoms with Gasteiger partial charge < -0.3 is 36.4 Å². The first-order valence-corrected chi connectivity index (χ1v) is 8.75. The molecule has 0 aromatic heterocycles. The zero-order valence-corrected chi connectivity index (χ0v) is 20.6. The van der Waals surface area contributed by atoms with Gasteiger partial charge in [-0.1, -0.05) is 0 Å². The van der Waals surface area contributed by atoms with Crippen molar-refractivity contribution in [1.29, 1.82) is 0 Å². The summed E-state index contributed by atoms with van der Waals surface area (Å²) in [6.07, 6.45) is 0. The number of carboxylic acid groups (broad SMARTS) is 1. The number of aliphatic carboxylic acids is 1. The Labute approximate surface area is 204 Å². The number of amides is 2. The Hall–Kier alpha value is -2.17. The standard InChI is InChI=1S/C6H11NO3.C5H9NO3.C4H9NO2.C2H3ClO.Li.H2O/c1-4(6(9)10-3)7-5(2)8;1-3(5(8)9)6-4(2)7;1-3(5)4(6)7-2;1-2(3)4;;/h4H,1-3H3,(H,7,8);3H,1-2H3,(H,6,7)(H,8,9);3H,5H2,1-2H3;1H3;;1H2/q;;;;+1;/p-1. The topological polar surface area (TPSA) is 221 Å². The van der Waals surface area contributed by atoms with Crippen molar-refractivity contribution >= 4 is 46.6 Å². The van der Waals surface area contributed by atoms with E-state index in [2.05, 4.69) is 31.7 Å². The van der Waals surface area contributed by atoms with Gasteiger partial charge in [-0.15, -0.1) is 0 Å². The third-order valence-corrected chi connectivity index (χ3v) is 2.34. The Morgan fingerprint density at radius 1 is 0.812 bits per heavy atom. The largest absolute Gasteiger partial charge is 1.00 e. The average molecular weight is 482 g/mol. The number of hydrogen-bond donors (Lipinski definition) is 4. The van der Waals surface area contributed by atoms with Crippen molar-refractivity contribution in [1.82, 2.24) is 10.6 Å². The van der Waals surface area contributed by atoms with E-state index in [1.807, 2.05) is 0 Å². The summed E-state index contributed by atoms with van der Waals surface area (Å²) in [5, 5.41) is 12.4. The van der Waals surface area contributed by atoms with Gasteiger partial charge in [-0.25, -0.2) is 4.79 Å². The molecule has 0 bridgehead atoms. The molecule has 0 aromatic carbocycles. The van der Waals surface area contributed by atoms with E-state index in [0.29, 0.717) is 0 Å². The van der Waals surface area contributed by atoms with Crippen LogP contribution in [0.2, 0.25) is 0 Å². The van der Waals surface area contributed by atoms with Crippen LogP contribution >= 0.6 is 11.6 Å². The van der Waals surface area contributed by atoms with Crippen molar-refractivity contribution in [3.63, 3.8) is 0 Å². The Morgan fingerprint density at radius 2 is 1.09 bits per heavy atom. The van der Waals surface area contributed by atoms with Crippen LogP contribution in [-0.4, -0.2) is 77.9 Å². The summed E-state index contributed by atoms with van der Waals surface area (Å²) in [4.78, 5) is 60.5. The molecule has 13 nitrogen and oxygen atoms in total. The minimum atomic E-state index is -1.02. The maximum Gasteiger partial charge on any atom is 1.00 e. The SMILES string of the molecule is CC(=O)Cl.CC(=O)NC(C)C(=O)O.COC(=O)C(C)N.COC(=O)C(C)NC(C)=O.[Li+].[OH-]. The van der Waals surface area contributed by atoms with Crippen LogP contribution in [-0.2, 0) is 38.2 Å². The van der Waals surface area contributed by atoms with Gasteiger partial charge in [0, 0.05) is 20.8 Å². The molecule has 2 amide bonds. The van der Waals surface area contributed by atoms with E-state index in [0.717, 1.165) is 0 Å². The second-order valence-corrected chi connectivity index (χ2v) is 6.02. The van der Waals surface area contributed by atoms with Gasteiger partial charge in [0.25, 0.3) is 0 Å². The molecule has 0 spiro atoms. The predicted octanol–water partition coefficient (Wildman–Crippen LogP) is -3.61. The molecule has 32 heavy (non-hydrogen) atoms. The summed E-state index contributed by atoms with van der Waals surface area (Å²) in [7, 11) is 2.59. The van der Waals surface area contributed by atoms with Crippen molar-refractivity contribution in [3.8, 4) is 0 Å². The normalized spacial score (nSPS) is 10.8. The quantitative estimate of drug-likeness (QED) is 0.170. The smallest absolute Gasteiger partial charge is 0.870 e. The molecule has 0 saturated carbocycles. The van der Waals surface area contributed by atoms with Crippen LogP contribution in [0.5, 0.6) is 0 Å². The third-order valence-electron chi connectivity index (χ3n) is 2.34. The number of carbonyl (C=O) groups excluding carboxylic acids is 5. The van der Waals surface area contributed by atoms with E-state index in [1.54, 1.807) is 13.8 Å². The predicted molar refractivity (Wildman–Crippen MR) is 110 cm³/mol. The summed E-state index contributed by atoms with van der Waals surface area (Å²) < 4.78 is 8.61. The van der Waals surface area contributed by atoms with E-state index in [4.69, 9.17) is 10.8 Å². The van der Waals surface area contributed by atoms with Gasteiger partial charge in [-0.3, -0.25) is 24.0 Å². The molecular weight excluding hydrogens is 449 g/mol. The molecule has 0 aliphatic heterocycles. The number of carbonyl (C=O) groups is 6. The maximum absolute atomic E-state index is 10.6. The van der Waals surface area contributed by atoms with E-state index in [9.17, 15) is 28.8 Å². The number of ether oxygens (including phenoxy) is 2.